The van der Waals surface area contributed by atoms with Gasteiger partial charge in [-0.05, 0) is 36.4 Å². The SMILES string of the molecule is COc1ccc(NC2=C(Sc3ccccc3)C(=O)c3ccccc3C2=O)cc1. The number of fused-ring (bicyclic) bond motifs is 1. The molecule has 5 heteroatoms. The van der Waals surface area contributed by atoms with Crippen LogP contribution in [0.15, 0.2) is 94.4 Å². The van der Waals surface area contributed by atoms with E-state index < -0.39 is 0 Å². The third kappa shape index (κ3) is 3.44. The highest BCUT2D eigenvalue weighted by Gasteiger charge is 2.32. The number of ether oxygens (including phenoxy) is 1. The van der Waals surface area contributed by atoms with Gasteiger partial charge in [-0.3, -0.25) is 9.59 Å². The molecule has 0 spiro atoms. The first-order valence-electron chi connectivity index (χ1n) is 8.74. The fourth-order valence-corrected chi connectivity index (χ4v) is 3.97. The number of benzene rings is 3. The molecule has 4 nitrogen and oxygen atoms in total. The Labute approximate surface area is 167 Å². The fraction of sp³-hybridized carbons (Fsp3) is 0.0435. The van der Waals surface area contributed by atoms with Crippen molar-refractivity contribution in [3.05, 3.63) is 101 Å². The molecule has 1 aliphatic rings. The molecule has 0 amide bonds. The highest BCUT2D eigenvalue weighted by atomic mass is 32.2. The number of rotatable bonds is 5. The second-order valence-corrected chi connectivity index (χ2v) is 7.26. The summed E-state index contributed by atoms with van der Waals surface area (Å²) in [5.74, 6) is 0.374. The van der Waals surface area contributed by atoms with Crippen molar-refractivity contribution in [2.45, 2.75) is 4.90 Å². The Morgan fingerprint density at radius 1 is 0.750 bits per heavy atom. The number of anilines is 1. The van der Waals surface area contributed by atoms with E-state index in [1.54, 1.807) is 43.5 Å². The number of hydrogen-bond donors (Lipinski definition) is 1. The zero-order valence-electron chi connectivity index (χ0n) is 15.1. The molecule has 0 unspecified atom stereocenters. The molecule has 0 aliphatic heterocycles. The zero-order valence-corrected chi connectivity index (χ0v) is 16.0. The number of ketones is 2. The summed E-state index contributed by atoms with van der Waals surface area (Å²) in [6, 6.07) is 23.7. The van der Waals surface area contributed by atoms with E-state index in [1.165, 1.54) is 11.8 Å². The highest BCUT2D eigenvalue weighted by Crippen LogP contribution is 2.37. The average molecular weight is 387 g/mol. The Hall–Kier alpha value is -3.31. The van der Waals surface area contributed by atoms with Crippen LogP contribution < -0.4 is 10.1 Å². The maximum absolute atomic E-state index is 13.2. The smallest absolute Gasteiger partial charge is 0.211 e. The minimum atomic E-state index is -0.190. The minimum Gasteiger partial charge on any atom is -0.497 e. The molecule has 3 aromatic rings. The molecular weight excluding hydrogens is 370 g/mol. The molecule has 0 aromatic heterocycles. The van der Waals surface area contributed by atoms with Crippen molar-refractivity contribution in [2.24, 2.45) is 0 Å². The molecule has 1 aliphatic carbocycles. The Bertz CT molecular complexity index is 1070. The number of thioether (sulfide) groups is 1. The van der Waals surface area contributed by atoms with Gasteiger partial charge in [0.25, 0.3) is 0 Å². The van der Waals surface area contributed by atoms with Crippen molar-refractivity contribution in [2.75, 3.05) is 12.4 Å². The van der Waals surface area contributed by atoms with E-state index in [0.717, 1.165) is 10.6 Å². The maximum Gasteiger partial charge on any atom is 0.211 e. The van der Waals surface area contributed by atoms with Gasteiger partial charge in [0, 0.05) is 21.7 Å². The molecule has 0 fully saturated rings. The summed E-state index contributed by atoms with van der Waals surface area (Å²) in [6.45, 7) is 0. The quantitative estimate of drug-likeness (QED) is 0.653. The Balaban J connectivity index is 1.78. The lowest BCUT2D eigenvalue weighted by Gasteiger charge is -2.21. The van der Waals surface area contributed by atoms with Crippen LogP contribution in [0.1, 0.15) is 20.7 Å². The molecule has 1 N–H and O–H groups in total. The largest absolute Gasteiger partial charge is 0.497 e. The van der Waals surface area contributed by atoms with Crippen LogP contribution in [0, 0.1) is 0 Å². The first kappa shape index (κ1) is 18.1. The number of allylic oxidation sites excluding steroid dienone is 2. The predicted octanol–water partition coefficient (Wildman–Crippen LogP) is 5.19. The summed E-state index contributed by atoms with van der Waals surface area (Å²) >= 11 is 1.30. The van der Waals surface area contributed by atoms with E-state index in [0.29, 0.717) is 27.4 Å². The third-order valence-electron chi connectivity index (χ3n) is 4.40. The van der Waals surface area contributed by atoms with Gasteiger partial charge in [-0.25, -0.2) is 0 Å². The van der Waals surface area contributed by atoms with Gasteiger partial charge in [-0.2, -0.15) is 0 Å². The second-order valence-electron chi connectivity index (χ2n) is 6.18. The van der Waals surface area contributed by atoms with Gasteiger partial charge in [-0.1, -0.05) is 54.2 Å². The maximum atomic E-state index is 13.2. The number of carbonyl (C=O) groups is 2. The van der Waals surface area contributed by atoms with Gasteiger partial charge in [0.1, 0.15) is 11.4 Å². The van der Waals surface area contributed by atoms with E-state index in [9.17, 15) is 9.59 Å². The van der Waals surface area contributed by atoms with E-state index in [1.807, 2.05) is 42.5 Å². The van der Waals surface area contributed by atoms with Crippen LogP contribution in [0.5, 0.6) is 5.75 Å². The number of nitrogens with one attached hydrogen (secondary N) is 1. The molecule has 3 aromatic carbocycles. The number of methoxy groups -OCH3 is 1. The summed E-state index contributed by atoms with van der Waals surface area (Å²) in [4.78, 5) is 27.6. The van der Waals surface area contributed by atoms with Gasteiger partial charge in [0.2, 0.25) is 11.6 Å². The van der Waals surface area contributed by atoms with Gasteiger partial charge in [0.15, 0.2) is 0 Å². The van der Waals surface area contributed by atoms with Crippen LogP contribution in [-0.2, 0) is 0 Å². The van der Waals surface area contributed by atoms with Crippen molar-refractivity contribution < 1.29 is 14.3 Å². The fourth-order valence-electron chi connectivity index (χ4n) is 2.99. The molecule has 138 valence electrons. The average Bonchev–Trinajstić information content (AvgIpc) is 2.75. The van der Waals surface area contributed by atoms with Crippen LogP contribution in [0.2, 0.25) is 0 Å². The lowest BCUT2D eigenvalue weighted by molar-refractivity contribution is 0.0982. The van der Waals surface area contributed by atoms with Crippen LogP contribution in [-0.4, -0.2) is 18.7 Å². The van der Waals surface area contributed by atoms with E-state index in [-0.39, 0.29) is 11.6 Å². The Morgan fingerprint density at radius 3 is 2.00 bits per heavy atom. The highest BCUT2D eigenvalue weighted by molar-refractivity contribution is 8.04. The number of Topliss-reactive ketones (excluding diaryl/α,β-unsaturated/α-hetero) is 2. The molecule has 0 heterocycles. The predicted molar refractivity (Wildman–Crippen MR) is 111 cm³/mol. The Kier molecular flexibility index (Phi) is 5.00. The van der Waals surface area contributed by atoms with Crippen molar-refractivity contribution >= 4 is 29.0 Å². The summed E-state index contributed by atoms with van der Waals surface area (Å²) in [5, 5.41) is 3.16. The monoisotopic (exact) mass is 387 g/mol. The van der Waals surface area contributed by atoms with Crippen LogP contribution in [0.4, 0.5) is 5.69 Å². The molecule has 0 saturated heterocycles. The molecular formula is C23H17NO3S. The van der Waals surface area contributed by atoms with Gasteiger partial charge < -0.3 is 10.1 Å². The summed E-state index contributed by atoms with van der Waals surface area (Å²) < 4.78 is 5.18. The third-order valence-corrected chi connectivity index (χ3v) is 5.50. The first-order chi connectivity index (χ1) is 13.7. The summed E-state index contributed by atoms with van der Waals surface area (Å²) in [5.41, 5.74) is 1.86. The normalized spacial score (nSPS) is 13.3. The second kappa shape index (κ2) is 7.74. The lowest BCUT2D eigenvalue weighted by Crippen LogP contribution is -2.25. The molecule has 4 rings (SSSR count). The molecule has 0 saturated carbocycles. The van der Waals surface area contributed by atoms with Crippen molar-refractivity contribution in [3.63, 3.8) is 0 Å². The summed E-state index contributed by atoms with van der Waals surface area (Å²) in [6.07, 6.45) is 0. The summed E-state index contributed by atoms with van der Waals surface area (Å²) in [7, 11) is 1.60. The molecule has 0 atom stereocenters. The topological polar surface area (TPSA) is 55.4 Å². The standard InChI is InChI=1S/C23H17NO3S/c1-27-16-13-11-15(12-14-16)24-20-21(25)18-9-5-6-10-19(18)22(26)23(20)28-17-7-3-2-4-8-17/h2-14,24H,1H3. The molecule has 28 heavy (non-hydrogen) atoms. The van der Waals surface area contributed by atoms with Crippen molar-refractivity contribution in [1.29, 1.82) is 0 Å². The van der Waals surface area contributed by atoms with Crippen LogP contribution >= 0.6 is 11.8 Å². The Morgan fingerprint density at radius 2 is 1.36 bits per heavy atom. The van der Waals surface area contributed by atoms with Crippen molar-refractivity contribution in [3.8, 4) is 5.75 Å². The molecule has 0 bridgehead atoms. The van der Waals surface area contributed by atoms with Crippen LogP contribution in [0.3, 0.4) is 0 Å². The van der Waals surface area contributed by atoms with E-state index in [2.05, 4.69) is 5.32 Å². The van der Waals surface area contributed by atoms with Gasteiger partial charge in [-0.15, -0.1) is 0 Å². The first-order valence-corrected chi connectivity index (χ1v) is 9.55. The van der Waals surface area contributed by atoms with E-state index in [4.69, 9.17) is 4.74 Å². The zero-order chi connectivity index (χ0) is 19.5. The number of hydrogen-bond acceptors (Lipinski definition) is 5. The van der Waals surface area contributed by atoms with Crippen molar-refractivity contribution in [1.82, 2.24) is 0 Å². The molecule has 0 radical (unpaired) electrons. The van der Waals surface area contributed by atoms with Gasteiger partial charge >= 0.3 is 0 Å². The minimum absolute atomic E-state index is 0.153. The van der Waals surface area contributed by atoms with E-state index >= 15 is 0 Å². The lowest BCUT2D eigenvalue weighted by atomic mass is 9.92. The van der Waals surface area contributed by atoms with Gasteiger partial charge in [0.05, 0.1) is 12.0 Å². The van der Waals surface area contributed by atoms with Crippen LogP contribution in [0.25, 0.3) is 0 Å². The number of carbonyl (C=O) groups excluding carboxylic acids is 2.